The number of benzene rings is 8. The van der Waals surface area contributed by atoms with Crippen molar-refractivity contribution in [3.8, 4) is 44.6 Å². The maximum absolute atomic E-state index is 4.54. The summed E-state index contributed by atoms with van der Waals surface area (Å²) in [5, 5.41) is 10.1. The van der Waals surface area contributed by atoms with E-state index in [-0.39, 0.29) is 0 Å². The normalized spacial score (nSPS) is 11.5. The first-order valence-electron chi connectivity index (χ1n) is 16.2. The van der Waals surface area contributed by atoms with Crippen molar-refractivity contribution in [3.63, 3.8) is 0 Å². The largest absolute Gasteiger partial charge is 0.256 e. The van der Waals surface area contributed by atoms with Gasteiger partial charge in [0.2, 0.25) is 0 Å². The van der Waals surface area contributed by atoms with Crippen LogP contribution in [0.15, 0.2) is 170 Å². The molecule has 0 bridgehead atoms. The molecule has 8 aromatic carbocycles. The lowest BCUT2D eigenvalue weighted by Gasteiger charge is -2.20. The van der Waals surface area contributed by atoms with Crippen molar-refractivity contribution in [1.82, 2.24) is 4.98 Å². The quantitative estimate of drug-likeness (QED) is 0.184. The molecule has 1 aromatic heterocycles. The van der Waals surface area contributed by atoms with E-state index in [0.29, 0.717) is 0 Å². The van der Waals surface area contributed by atoms with Crippen LogP contribution in [0.3, 0.4) is 0 Å². The minimum absolute atomic E-state index is 0.986. The molecule has 1 heteroatoms. The Morgan fingerprint density at radius 2 is 0.872 bits per heavy atom. The Bertz CT molecular complexity index is 2560. The molecule has 0 fully saturated rings. The summed E-state index contributed by atoms with van der Waals surface area (Å²) in [7, 11) is 0. The van der Waals surface area contributed by atoms with Crippen LogP contribution < -0.4 is 0 Å². The number of hydrogen-bond donors (Lipinski definition) is 0. The minimum Gasteiger partial charge on any atom is -0.256 e. The van der Waals surface area contributed by atoms with Gasteiger partial charge in [0.25, 0.3) is 0 Å². The molecule has 0 unspecified atom stereocenters. The predicted molar refractivity (Wildman–Crippen MR) is 201 cm³/mol. The fourth-order valence-corrected chi connectivity index (χ4v) is 7.37. The zero-order valence-corrected chi connectivity index (χ0v) is 26.1. The summed E-state index contributed by atoms with van der Waals surface area (Å²) in [5.41, 5.74) is 10.9. The van der Waals surface area contributed by atoms with Gasteiger partial charge in [-0.2, -0.15) is 0 Å². The van der Waals surface area contributed by atoms with Crippen LogP contribution in [-0.2, 0) is 0 Å². The first kappa shape index (κ1) is 27.3. The first-order valence-corrected chi connectivity index (χ1v) is 16.2. The molecule has 0 spiro atoms. The predicted octanol–water partition coefficient (Wildman–Crippen LogP) is 12.7. The minimum atomic E-state index is 0.986. The molecule has 1 nitrogen and oxygen atoms in total. The van der Waals surface area contributed by atoms with E-state index in [1.165, 1.54) is 82.0 Å². The van der Waals surface area contributed by atoms with Gasteiger partial charge in [-0.05, 0) is 102 Å². The van der Waals surface area contributed by atoms with E-state index < -0.39 is 0 Å². The fraction of sp³-hybridized carbons (Fsp3) is 0.0217. The second kappa shape index (κ2) is 11.1. The molecular formula is C46H31N. The molecule has 1 heterocycles. The van der Waals surface area contributed by atoms with Gasteiger partial charge in [0.05, 0.1) is 5.69 Å². The fourth-order valence-electron chi connectivity index (χ4n) is 7.37. The lowest BCUT2D eigenvalue weighted by atomic mass is 9.83. The van der Waals surface area contributed by atoms with Crippen LogP contribution in [0.25, 0.3) is 87.7 Å². The van der Waals surface area contributed by atoms with Gasteiger partial charge in [-0.25, -0.2) is 0 Å². The Labute approximate surface area is 274 Å². The highest BCUT2D eigenvalue weighted by atomic mass is 14.7. The molecule has 0 N–H and O–H groups in total. The SMILES string of the molecule is Cc1ccc2cc(-c3c4ccccc4c(-c4ccc(-c5ccc(-c6ccccn6)cc5)c5ccccc45)c4ccccc34)ccc2c1. The number of aromatic nitrogens is 1. The average molecular weight is 598 g/mol. The van der Waals surface area contributed by atoms with E-state index in [9.17, 15) is 0 Å². The lowest BCUT2D eigenvalue weighted by molar-refractivity contribution is 1.33. The molecule has 0 radical (unpaired) electrons. The van der Waals surface area contributed by atoms with Crippen molar-refractivity contribution in [2.24, 2.45) is 0 Å². The van der Waals surface area contributed by atoms with Crippen molar-refractivity contribution >= 4 is 43.1 Å². The summed E-state index contributed by atoms with van der Waals surface area (Å²) in [6, 6.07) is 59.8. The molecule has 9 aromatic rings. The van der Waals surface area contributed by atoms with E-state index in [1.807, 2.05) is 18.3 Å². The van der Waals surface area contributed by atoms with Crippen molar-refractivity contribution in [3.05, 3.63) is 176 Å². The third-order valence-electron chi connectivity index (χ3n) is 9.57. The van der Waals surface area contributed by atoms with E-state index in [2.05, 4.69) is 164 Å². The summed E-state index contributed by atoms with van der Waals surface area (Å²) < 4.78 is 0. The molecule has 9 rings (SSSR count). The van der Waals surface area contributed by atoms with Crippen molar-refractivity contribution in [2.45, 2.75) is 6.92 Å². The summed E-state index contributed by atoms with van der Waals surface area (Å²) in [6.45, 7) is 2.16. The van der Waals surface area contributed by atoms with Crippen molar-refractivity contribution in [2.75, 3.05) is 0 Å². The Morgan fingerprint density at radius 3 is 1.53 bits per heavy atom. The number of pyridine rings is 1. The Morgan fingerprint density at radius 1 is 0.362 bits per heavy atom. The van der Waals surface area contributed by atoms with Crippen LogP contribution in [0, 0.1) is 6.92 Å². The maximum Gasteiger partial charge on any atom is 0.0701 e. The molecule has 0 aliphatic rings. The number of nitrogens with zero attached hydrogens (tertiary/aromatic N) is 1. The highest BCUT2D eigenvalue weighted by Crippen LogP contribution is 2.46. The van der Waals surface area contributed by atoms with Crippen LogP contribution in [-0.4, -0.2) is 4.98 Å². The van der Waals surface area contributed by atoms with E-state index in [0.717, 1.165) is 11.3 Å². The molecule has 0 saturated heterocycles. The van der Waals surface area contributed by atoms with Crippen molar-refractivity contribution < 1.29 is 0 Å². The molecule has 220 valence electrons. The zero-order valence-electron chi connectivity index (χ0n) is 26.1. The standard InChI is InChI=1S/C46H31N/c1-30-17-18-34-29-35(24-23-33(34)28-30)45-39-12-4-6-14-41(39)46(42-15-7-5-13-40(42)45)43-26-25-36(37-10-2-3-11-38(37)43)31-19-21-32(22-20-31)44-16-8-9-27-47-44/h2-29H,1H3. The summed E-state index contributed by atoms with van der Waals surface area (Å²) in [6.07, 6.45) is 1.85. The van der Waals surface area contributed by atoms with Crippen molar-refractivity contribution in [1.29, 1.82) is 0 Å². The van der Waals surface area contributed by atoms with Crippen LogP contribution in [0.1, 0.15) is 5.56 Å². The second-order valence-corrected chi connectivity index (χ2v) is 12.4. The molecule has 0 saturated carbocycles. The van der Waals surface area contributed by atoms with E-state index >= 15 is 0 Å². The molecule has 0 atom stereocenters. The third-order valence-corrected chi connectivity index (χ3v) is 9.57. The van der Waals surface area contributed by atoms with Gasteiger partial charge in [-0.15, -0.1) is 0 Å². The van der Waals surface area contributed by atoms with Crippen LogP contribution >= 0.6 is 0 Å². The number of hydrogen-bond acceptors (Lipinski definition) is 1. The Kier molecular flexibility index (Phi) is 6.43. The van der Waals surface area contributed by atoms with Gasteiger partial charge >= 0.3 is 0 Å². The second-order valence-electron chi connectivity index (χ2n) is 12.4. The van der Waals surface area contributed by atoms with E-state index in [1.54, 1.807) is 0 Å². The summed E-state index contributed by atoms with van der Waals surface area (Å²) >= 11 is 0. The van der Waals surface area contributed by atoms with Gasteiger partial charge in [-0.1, -0.05) is 151 Å². The number of fused-ring (bicyclic) bond motifs is 4. The summed E-state index contributed by atoms with van der Waals surface area (Å²) in [4.78, 5) is 4.54. The first-order chi connectivity index (χ1) is 23.2. The van der Waals surface area contributed by atoms with Gasteiger partial charge in [0, 0.05) is 11.8 Å². The molecule has 0 amide bonds. The number of aryl methyl sites for hydroxylation is 1. The van der Waals surface area contributed by atoms with Crippen LogP contribution in [0.4, 0.5) is 0 Å². The van der Waals surface area contributed by atoms with Gasteiger partial charge < -0.3 is 0 Å². The third kappa shape index (κ3) is 4.59. The Hall–Kier alpha value is -6.05. The van der Waals surface area contributed by atoms with Gasteiger partial charge in [0.15, 0.2) is 0 Å². The smallest absolute Gasteiger partial charge is 0.0701 e. The van der Waals surface area contributed by atoms with Gasteiger partial charge in [-0.3, -0.25) is 4.98 Å². The highest BCUT2D eigenvalue weighted by Gasteiger charge is 2.19. The van der Waals surface area contributed by atoms with Crippen LogP contribution in [0.2, 0.25) is 0 Å². The number of rotatable bonds is 4. The molecular weight excluding hydrogens is 567 g/mol. The lowest BCUT2D eigenvalue weighted by Crippen LogP contribution is -1.92. The molecule has 0 aliphatic heterocycles. The summed E-state index contributed by atoms with van der Waals surface area (Å²) in [5.74, 6) is 0. The maximum atomic E-state index is 4.54. The average Bonchev–Trinajstić information content (AvgIpc) is 3.14. The topological polar surface area (TPSA) is 12.9 Å². The van der Waals surface area contributed by atoms with Crippen LogP contribution in [0.5, 0.6) is 0 Å². The Balaban J connectivity index is 1.27. The highest BCUT2D eigenvalue weighted by molar-refractivity contribution is 6.24. The van der Waals surface area contributed by atoms with Gasteiger partial charge in [0.1, 0.15) is 0 Å². The monoisotopic (exact) mass is 597 g/mol. The molecule has 0 aliphatic carbocycles. The van der Waals surface area contributed by atoms with E-state index in [4.69, 9.17) is 0 Å². The molecule has 47 heavy (non-hydrogen) atoms. The zero-order chi connectivity index (χ0) is 31.3.